The number of hydrogen-bond donors (Lipinski definition) is 6. The van der Waals surface area contributed by atoms with E-state index in [2.05, 4.69) is 15.0 Å². The third-order valence-corrected chi connectivity index (χ3v) is 12.1. The van der Waals surface area contributed by atoms with Crippen LogP contribution in [0.25, 0.3) is 32.7 Å². The van der Waals surface area contributed by atoms with E-state index in [9.17, 15) is 19.7 Å². The zero-order chi connectivity index (χ0) is 48.2. The molecule has 66 heavy (non-hydrogen) atoms. The van der Waals surface area contributed by atoms with E-state index in [0.29, 0.717) is 31.4 Å². The van der Waals surface area contributed by atoms with Crippen LogP contribution in [0.5, 0.6) is 0 Å². The summed E-state index contributed by atoms with van der Waals surface area (Å²) in [6.07, 6.45) is 4.81. The second-order valence-electron chi connectivity index (χ2n) is 13.9. The van der Waals surface area contributed by atoms with E-state index in [0.717, 1.165) is 65.4 Å². The number of nitro benzene ring substituents is 1. The number of H-pyrrole nitrogens is 3. The molecule has 0 saturated heterocycles. The van der Waals surface area contributed by atoms with Crippen LogP contribution in [0.1, 0.15) is 74.5 Å². The number of rotatable bonds is 3. The molecule has 0 unspecified atom stereocenters. The molecule has 8 aromatic rings. The SMILES string of the molecule is C.C.Cc1ccc([N+](=O)[O-])c(C)c1Cl.Cc1ccc2[nH]cc(C(=O)O)c2c1Cl.Cc1ccc2[nH]cc(C(=O)O)c2c1Cl.Cc1ccc2[nH]ccc2c1Cl.Cc1cccc(C)c1Cl.O=[N+]([O-])O. The van der Waals surface area contributed by atoms with Crippen molar-refractivity contribution < 1.29 is 35.0 Å². The van der Waals surface area contributed by atoms with Gasteiger partial charge in [-0.05, 0) is 106 Å². The Balaban J connectivity index is 0.000000404. The topological polar surface area (TPSA) is 228 Å². The Morgan fingerprint density at radius 3 is 1.27 bits per heavy atom. The molecule has 0 radical (unpaired) electrons. The fraction of sp³-hybridized carbons (Fsp3) is 0.191. The Hall–Kier alpha value is -6.29. The average Bonchev–Trinajstić information content (AvgIpc) is 4.01. The third-order valence-electron chi connectivity index (χ3n) is 9.41. The number of nitrogens with zero attached hydrogens (tertiary/aromatic N) is 2. The standard InChI is InChI=1S/2C10H8ClNO2.C9H8ClN.C8H8ClNO2.C8H9Cl.2CH4.HNO3/c2*1-5-2-3-7-8(9(5)11)6(4-12-7)10(13)14;1-6-2-3-8-7(9(6)10)4-5-11-8;1-5-3-4-7(10(11)12)6(2)8(5)9;1-6-4-3-5-7(2)8(6)9;;;2-1(3)4/h2*2-4,12H,1H3,(H,13,14);2-5,11H,1H3;3-4H,1-2H3;3-5H,1-2H3;2*1H4;(H,2,3,4). The van der Waals surface area contributed by atoms with Crippen molar-refractivity contribution in [2.45, 2.75) is 63.3 Å². The zero-order valence-electron chi connectivity index (χ0n) is 35.2. The molecule has 8 rings (SSSR count). The molecule has 0 fully saturated rings. The molecule has 14 nitrogen and oxygen atoms in total. The number of nitrogens with one attached hydrogen (secondary N) is 3. The highest BCUT2D eigenvalue weighted by atomic mass is 35.5. The maximum absolute atomic E-state index is 10.9. The van der Waals surface area contributed by atoms with Crippen molar-refractivity contribution in [2.75, 3.05) is 0 Å². The van der Waals surface area contributed by atoms with Crippen molar-refractivity contribution >= 4 is 108 Å². The molecule has 3 heterocycles. The van der Waals surface area contributed by atoms with E-state index in [1.165, 1.54) is 18.5 Å². The lowest BCUT2D eigenvalue weighted by Crippen LogP contribution is -1.94. The Morgan fingerprint density at radius 2 is 0.879 bits per heavy atom. The maximum Gasteiger partial charge on any atom is 0.337 e. The number of carbonyl (C=O) groups is 2. The quantitative estimate of drug-likeness (QED) is 0.0729. The Kier molecular flexibility index (Phi) is 22.7. The number of aromatic nitrogens is 3. The highest BCUT2D eigenvalue weighted by molar-refractivity contribution is 6.38. The molecule has 0 spiro atoms. The molecule has 0 saturated carbocycles. The van der Waals surface area contributed by atoms with Crippen molar-refractivity contribution in [3.8, 4) is 0 Å². The zero-order valence-corrected chi connectivity index (χ0v) is 39.0. The molecule has 0 aliphatic rings. The van der Waals surface area contributed by atoms with Crippen molar-refractivity contribution in [2.24, 2.45) is 0 Å². The summed E-state index contributed by atoms with van der Waals surface area (Å²) < 4.78 is 0. The fourth-order valence-corrected chi connectivity index (χ4v) is 6.96. The van der Waals surface area contributed by atoms with E-state index in [1.54, 1.807) is 13.0 Å². The van der Waals surface area contributed by atoms with Gasteiger partial charge in [0, 0.05) is 68.0 Å². The highest BCUT2D eigenvalue weighted by Gasteiger charge is 2.16. The highest BCUT2D eigenvalue weighted by Crippen LogP contribution is 2.31. The number of nitro groups is 1. The lowest BCUT2D eigenvalue weighted by molar-refractivity contribution is -0.742. The second kappa shape index (κ2) is 26.0. The van der Waals surface area contributed by atoms with Gasteiger partial charge in [0.1, 0.15) is 0 Å². The number of hydrogen-bond acceptors (Lipinski definition) is 6. The first-order chi connectivity index (χ1) is 30.0. The molecule has 0 aliphatic heterocycles. The molecule has 352 valence electrons. The summed E-state index contributed by atoms with van der Waals surface area (Å²) in [5.74, 6) is -1.94. The van der Waals surface area contributed by atoms with Crippen LogP contribution in [-0.2, 0) is 0 Å². The minimum absolute atomic E-state index is 0. The summed E-state index contributed by atoms with van der Waals surface area (Å²) in [5, 5.41) is 47.4. The number of fused-ring (bicyclic) bond motifs is 3. The summed E-state index contributed by atoms with van der Waals surface area (Å²) in [7, 11) is 0. The van der Waals surface area contributed by atoms with Crippen molar-refractivity contribution in [1.82, 2.24) is 15.0 Å². The van der Waals surface area contributed by atoms with Gasteiger partial charge in [-0.25, -0.2) is 9.59 Å². The maximum atomic E-state index is 10.9. The number of carboxylic acid groups (broad SMARTS) is 2. The Morgan fingerprint density at radius 1 is 0.515 bits per heavy atom. The number of halogens is 5. The van der Waals surface area contributed by atoms with Crippen LogP contribution in [0.15, 0.2) is 91.4 Å². The van der Waals surface area contributed by atoms with Gasteiger partial charge in [0.15, 0.2) is 0 Å². The summed E-state index contributed by atoms with van der Waals surface area (Å²) >= 11 is 29.8. The van der Waals surface area contributed by atoms with Crippen LogP contribution >= 0.6 is 58.0 Å². The van der Waals surface area contributed by atoms with Crippen molar-refractivity contribution in [3.63, 3.8) is 0 Å². The summed E-state index contributed by atoms with van der Waals surface area (Å²) in [6, 6.07) is 22.5. The van der Waals surface area contributed by atoms with Gasteiger partial charge in [-0.2, -0.15) is 0 Å². The number of aromatic carboxylic acids is 2. The van der Waals surface area contributed by atoms with E-state index >= 15 is 0 Å². The third kappa shape index (κ3) is 14.9. The first-order valence-electron chi connectivity index (χ1n) is 18.7. The van der Waals surface area contributed by atoms with Crippen LogP contribution in [0.3, 0.4) is 0 Å². The smallest absolute Gasteiger partial charge is 0.337 e. The molecular weight excluding hydrogens is 956 g/mol. The number of benzene rings is 5. The molecule has 0 bridgehead atoms. The normalized spacial score (nSPS) is 9.82. The van der Waals surface area contributed by atoms with Crippen LogP contribution in [0.4, 0.5) is 5.69 Å². The predicted molar refractivity (Wildman–Crippen MR) is 269 cm³/mol. The minimum atomic E-state index is -1.50. The average molecular weight is 1010 g/mol. The van der Waals surface area contributed by atoms with Crippen LogP contribution in [-0.4, -0.2) is 52.3 Å². The van der Waals surface area contributed by atoms with Gasteiger partial charge in [0.05, 0.1) is 36.1 Å². The molecule has 0 amide bonds. The first kappa shape index (κ1) is 57.7. The van der Waals surface area contributed by atoms with E-state index < -0.39 is 21.9 Å². The van der Waals surface area contributed by atoms with Gasteiger partial charge in [-0.3, -0.25) is 10.1 Å². The summed E-state index contributed by atoms with van der Waals surface area (Å²) in [4.78, 5) is 48.9. The van der Waals surface area contributed by atoms with Gasteiger partial charge in [0.25, 0.3) is 10.8 Å². The molecule has 0 aliphatic carbocycles. The van der Waals surface area contributed by atoms with E-state index in [1.807, 2.05) is 108 Å². The van der Waals surface area contributed by atoms with Crippen molar-refractivity contribution in [1.29, 1.82) is 0 Å². The molecule has 5 aromatic carbocycles. The lowest BCUT2D eigenvalue weighted by Gasteiger charge is -2.01. The Bertz CT molecular complexity index is 2860. The molecule has 6 N–H and O–H groups in total. The number of carboxylic acids is 2. The number of aryl methyl sites for hydroxylation is 6. The van der Waals surface area contributed by atoms with E-state index in [-0.39, 0.29) is 31.7 Å². The van der Waals surface area contributed by atoms with E-state index in [4.69, 9.17) is 83.5 Å². The monoisotopic (exact) mass is 1000 g/mol. The van der Waals surface area contributed by atoms with Crippen LogP contribution in [0, 0.1) is 68.7 Å². The number of aromatic amines is 3. The molecule has 0 atom stereocenters. The van der Waals surface area contributed by atoms with Gasteiger partial charge in [-0.15, -0.1) is 10.1 Å². The van der Waals surface area contributed by atoms with Gasteiger partial charge >= 0.3 is 11.9 Å². The fourth-order valence-electron chi connectivity index (χ4n) is 5.92. The summed E-state index contributed by atoms with van der Waals surface area (Å²) in [6.45, 7) is 13.2. The minimum Gasteiger partial charge on any atom is -0.478 e. The second-order valence-corrected chi connectivity index (χ2v) is 15.8. The molecule has 19 heteroatoms. The summed E-state index contributed by atoms with van der Waals surface area (Å²) in [5.41, 5.74) is 9.67. The van der Waals surface area contributed by atoms with Gasteiger partial charge < -0.3 is 30.4 Å². The van der Waals surface area contributed by atoms with Crippen molar-refractivity contribution in [3.05, 3.63) is 187 Å². The van der Waals surface area contributed by atoms with Gasteiger partial charge in [0.2, 0.25) is 0 Å². The Labute approximate surface area is 406 Å². The predicted octanol–water partition coefficient (Wildman–Crippen LogP) is 15.5. The first-order valence-corrected chi connectivity index (χ1v) is 20.5. The van der Waals surface area contributed by atoms with Crippen LogP contribution in [0.2, 0.25) is 25.1 Å². The largest absolute Gasteiger partial charge is 0.478 e. The van der Waals surface area contributed by atoms with Gasteiger partial charge in [-0.1, -0.05) is 115 Å². The molecular formula is C47H50Cl5N5O9. The molecule has 3 aromatic heterocycles. The van der Waals surface area contributed by atoms with Crippen LogP contribution < -0.4 is 0 Å². The lowest BCUT2D eigenvalue weighted by atomic mass is 10.1.